The number of non-ortho nitro benzene ring substituents is 1. The van der Waals surface area contributed by atoms with Crippen LogP contribution >= 0.6 is 0 Å². The number of rotatable bonds is 4. The molecule has 0 spiro atoms. The molecular weight excluding hydrogens is 460 g/mol. The van der Waals surface area contributed by atoms with Crippen molar-refractivity contribution in [3.63, 3.8) is 0 Å². The Morgan fingerprint density at radius 1 is 1.03 bits per heavy atom. The first-order chi connectivity index (χ1) is 17.6. The average Bonchev–Trinajstić information content (AvgIpc) is 3.59. The first-order valence-corrected chi connectivity index (χ1v) is 11.5. The van der Waals surface area contributed by atoms with E-state index in [4.69, 9.17) is 9.47 Å². The number of hydrogen-bond acceptors (Lipinski definition) is 7. The van der Waals surface area contributed by atoms with E-state index in [1.165, 1.54) is 12.1 Å². The Labute approximate surface area is 206 Å². The molecule has 0 radical (unpaired) electrons. The number of benzene rings is 2. The van der Waals surface area contributed by atoms with E-state index in [0.717, 1.165) is 11.3 Å². The summed E-state index contributed by atoms with van der Waals surface area (Å²) in [4.78, 5) is 26.4. The van der Waals surface area contributed by atoms with Crippen molar-refractivity contribution in [3.05, 3.63) is 99.5 Å². The van der Waals surface area contributed by atoms with Crippen LogP contribution < -0.4 is 14.4 Å². The van der Waals surface area contributed by atoms with Gasteiger partial charge in [0.05, 0.1) is 28.2 Å². The number of nitro groups is 1. The standard InChI is InChI=1S/C27H20N4O5/c28-15-20-25(17-9-10-23-24(13-17)36-16-35-23)26-21(7-4-8-22(26)32)30(27(20)29-11-1-2-12-29)18-5-3-6-19(14-18)31(33)34/h1-3,5-6,9-14,25H,4,7-8,16H2. The SMILES string of the molecule is N#CC1=C(n2cccc2)N(c2cccc([N+](=O)[O-])c2)C2=C(C(=O)CCC2)C1c1ccc2c(c1)OCO2. The molecule has 3 heterocycles. The van der Waals surface area contributed by atoms with Gasteiger partial charge in [0.25, 0.3) is 5.69 Å². The lowest BCUT2D eigenvalue weighted by atomic mass is 9.75. The van der Waals surface area contributed by atoms with Crippen molar-refractivity contribution in [1.29, 1.82) is 5.26 Å². The van der Waals surface area contributed by atoms with Crippen molar-refractivity contribution in [2.45, 2.75) is 25.2 Å². The third kappa shape index (κ3) is 3.34. The Morgan fingerprint density at radius 2 is 1.83 bits per heavy atom. The number of carbonyl (C=O) groups is 1. The largest absolute Gasteiger partial charge is 0.454 e. The van der Waals surface area contributed by atoms with E-state index >= 15 is 0 Å². The molecule has 0 saturated heterocycles. The summed E-state index contributed by atoms with van der Waals surface area (Å²) in [5.74, 6) is 1.08. The second kappa shape index (κ2) is 8.43. The number of ketones is 1. The molecule has 1 atom stereocenters. The third-order valence-corrected chi connectivity index (χ3v) is 6.73. The highest BCUT2D eigenvalue weighted by atomic mass is 16.7. The van der Waals surface area contributed by atoms with E-state index in [1.807, 2.05) is 46.1 Å². The highest BCUT2D eigenvalue weighted by Gasteiger charge is 2.42. The molecule has 2 aliphatic heterocycles. The van der Waals surface area contributed by atoms with E-state index in [0.29, 0.717) is 53.4 Å². The molecule has 1 unspecified atom stereocenters. The van der Waals surface area contributed by atoms with Crippen LogP contribution in [0, 0.1) is 21.4 Å². The van der Waals surface area contributed by atoms with Crippen LogP contribution in [0.25, 0.3) is 5.82 Å². The van der Waals surface area contributed by atoms with Crippen molar-refractivity contribution >= 4 is 23.0 Å². The van der Waals surface area contributed by atoms with E-state index in [-0.39, 0.29) is 18.3 Å². The lowest BCUT2D eigenvalue weighted by molar-refractivity contribution is -0.384. The number of nitriles is 1. The number of fused-ring (bicyclic) bond motifs is 1. The molecule has 9 nitrogen and oxygen atoms in total. The van der Waals surface area contributed by atoms with E-state index < -0.39 is 10.8 Å². The fourth-order valence-corrected chi connectivity index (χ4v) is 5.22. The van der Waals surface area contributed by atoms with E-state index in [1.54, 1.807) is 18.2 Å². The second-order valence-corrected chi connectivity index (χ2v) is 8.73. The maximum absolute atomic E-state index is 13.5. The second-order valence-electron chi connectivity index (χ2n) is 8.73. The van der Waals surface area contributed by atoms with Crippen molar-refractivity contribution in [2.24, 2.45) is 0 Å². The van der Waals surface area contributed by atoms with Gasteiger partial charge < -0.3 is 14.0 Å². The minimum Gasteiger partial charge on any atom is -0.454 e. The molecule has 9 heteroatoms. The summed E-state index contributed by atoms with van der Waals surface area (Å²) in [6.45, 7) is 0.118. The molecule has 0 fully saturated rings. The summed E-state index contributed by atoms with van der Waals surface area (Å²) < 4.78 is 12.9. The minimum absolute atomic E-state index is 0.0337. The predicted molar refractivity (Wildman–Crippen MR) is 130 cm³/mol. The van der Waals surface area contributed by atoms with Gasteiger partial charge in [-0.2, -0.15) is 5.26 Å². The van der Waals surface area contributed by atoms with Crippen LogP contribution in [-0.2, 0) is 4.79 Å². The zero-order valence-electron chi connectivity index (χ0n) is 19.1. The number of nitro benzene ring substituents is 1. The molecule has 0 saturated carbocycles. The lowest BCUT2D eigenvalue weighted by Crippen LogP contribution is -2.36. The number of nitrogens with zero attached hydrogens (tertiary/aromatic N) is 4. The number of Topliss-reactive ketones (excluding diaryl/α,β-unsaturated/α-hetero) is 1. The summed E-state index contributed by atoms with van der Waals surface area (Å²) in [6.07, 6.45) is 5.26. The quantitative estimate of drug-likeness (QED) is 0.376. The lowest BCUT2D eigenvalue weighted by Gasteiger charge is -2.41. The van der Waals surface area contributed by atoms with Crippen molar-refractivity contribution in [1.82, 2.24) is 4.57 Å². The van der Waals surface area contributed by atoms with Crippen LogP contribution in [0.1, 0.15) is 30.7 Å². The highest BCUT2D eigenvalue weighted by Crippen LogP contribution is 2.50. The van der Waals surface area contributed by atoms with Crippen LogP contribution in [0.15, 0.2) is 83.8 Å². The van der Waals surface area contributed by atoms with Gasteiger partial charge in [-0.1, -0.05) is 12.1 Å². The van der Waals surface area contributed by atoms with Crippen LogP contribution in [0.2, 0.25) is 0 Å². The van der Waals surface area contributed by atoms with Crippen LogP contribution in [0.5, 0.6) is 11.5 Å². The maximum Gasteiger partial charge on any atom is 0.271 e. The van der Waals surface area contributed by atoms with Gasteiger partial charge >= 0.3 is 0 Å². The molecule has 0 N–H and O–H groups in total. The summed E-state index contributed by atoms with van der Waals surface area (Å²) in [5, 5.41) is 22.1. The Bertz CT molecular complexity index is 1510. The van der Waals surface area contributed by atoms with E-state index in [2.05, 4.69) is 6.07 Å². The number of hydrogen-bond donors (Lipinski definition) is 0. The smallest absolute Gasteiger partial charge is 0.271 e. The Hall–Kier alpha value is -4.84. The average molecular weight is 480 g/mol. The molecule has 1 aliphatic carbocycles. The normalized spacial score (nSPS) is 18.8. The van der Waals surface area contributed by atoms with Gasteiger partial charge in [-0.25, -0.2) is 0 Å². The fraction of sp³-hybridized carbons (Fsp3) is 0.185. The zero-order chi connectivity index (χ0) is 24.8. The zero-order valence-corrected chi connectivity index (χ0v) is 19.1. The van der Waals surface area contributed by atoms with Crippen molar-refractivity contribution in [3.8, 4) is 17.6 Å². The van der Waals surface area contributed by atoms with Gasteiger partial charge in [0.15, 0.2) is 17.3 Å². The predicted octanol–water partition coefficient (Wildman–Crippen LogP) is 5.13. The Balaban J connectivity index is 1.64. The summed E-state index contributed by atoms with van der Waals surface area (Å²) >= 11 is 0. The third-order valence-electron chi connectivity index (χ3n) is 6.73. The first kappa shape index (κ1) is 21.7. The molecule has 3 aromatic rings. The molecule has 178 valence electrons. The molecule has 6 rings (SSSR count). The Morgan fingerprint density at radius 3 is 2.61 bits per heavy atom. The number of allylic oxidation sites excluding steroid dienone is 3. The monoisotopic (exact) mass is 480 g/mol. The summed E-state index contributed by atoms with van der Waals surface area (Å²) in [6, 6.07) is 17.8. The number of anilines is 1. The molecule has 3 aliphatic rings. The molecule has 0 amide bonds. The topological polar surface area (TPSA) is 111 Å². The summed E-state index contributed by atoms with van der Waals surface area (Å²) in [7, 11) is 0. The van der Waals surface area contributed by atoms with Gasteiger partial charge in [-0.15, -0.1) is 0 Å². The highest BCUT2D eigenvalue weighted by molar-refractivity contribution is 6.03. The van der Waals surface area contributed by atoms with Gasteiger partial charge in [0.1, 0.15) is 5.82 Å². The van der Waals surface area contributed by atoms with Crippen LogP contribution in [0.3, 0.4) is 0 Å². The first-order valence-electron chi connectivity index (χ1n) is 11.5. The van der Waals surface area contributed by atoms with Gasteiger partial charge in [0.2, 0.25) is 6.79 Å². The number of ether oxygens (including phenoxy) is 2. The van der Waals surface area contributed by atoms with E-state index in [9.17, 15) is 20.2 Å². The summed E-state index contributed by atoms with van der Waals surface area (Å²) in [5.41, 5.74) is 2.86. The van der Waals surface area contributed by atoms with Gasteiger partial charge in [-0.05, 0) is 48.7 Å². The molecule has 2 aromatic carbocycles. The Kier molecular flexibility index (Phi) is 5.08. The molecule has 1 aromatic heterocycles. The number of aromatic nitrogens is 1. The van der Waals surface area contributed by atoms with Gasteiger partial charge in [0, 0.05) is 42.2 Å². The van der Waals surface area contributed by atoms with Gasteiger partial charge in [-0.3, -0.25) is 19.8 Å². The van der Waals surface area contributed by atoms with Crippen LogP contribution in [0.4, 0.5) is 11.4 Å². The van der Waals surface area contributed by atoms with Crippen LogP contribution in [-0.4, -0.2) is 22.1 Å². The maximum atomic E-state index is 13.5. The molecule has 0 bridgehead atoms. The number of carbonyl (C=O) groups excluding carboxylic acids is 1. The van der Waals surface area contributed by atoms with Crippen molar-refractivity contribution < 1.29 is 19.2 Å². The molecule has 36 heavy (non-hydrogen) atoms. The fourth-order valence-electron chi connectivity index (χ4n) is 5.22. The molecular formula is C27H20N4O5. The minimum atomic E-state index is -0.611. The van der Waals surface area contributed by atoms with Crippen molar-refractivity contribution in [2.75, 3.05) is 11.7 Å².